The lowest BCUT2D eigenvalue weighted by Gasteiger charge is -2.39. The Morgan fingerprint density at radius 3 is 2.68 bits per heavy atom. The van der Waals surface area contributed by atoms with E-state index in [-0.39, 0.29) is 37.0 Å². The van der Waals surface area contributed by atoms with Gasteiger partial charge >= 0.3 is 0 Å². The summed E-state index contributed by atoms with van der Waals surface area (Å²) >= 11 is 5.77. The van der Waals surface area contributed by atoms with E-state index in [0.29, 0.717) is 18.0 Å². The largest absolute Gasteiger partial charge is 0.365 e. The molecule has 4 rings (SSSR count). The molecule has 3 atom stereocenters. The van der Waals surface area contributed by atoms with Crippen LogP contribution in [0.2, 0.25) is 5.02 Å². The second-order valence-electron chi connectivity index (χ2n) is 7.12. The number of nitrogens with zero attached hydrogens (tertiary/aromatic N) is 4. The number of carbonyl (C=O) groups is 1. The summed E-state index contributed by atoms with van der Waals surface area (Å²) < 4.78 is 33.3. The Balaban J connectivity index is 1.63. The highest BCUT2D eigenvalue weighted by Crippen LogP contribution is 2.47. The van der Waals surface area contributed by atoms with Gasteiger partial charge in [-0.05, 0) is 20.3 Å². The Labute approximate surface area is 151 Å². The molecule has 1 spiro atoms. The molecule has 1 aromatic heterocycles. The molecule has 0 saturated carbocycles. The maximum Gasteiger partial charge on any atom is 0.291 e. The topological polar surface area (TPSA) is 92.7 Å². The number of carbonyl (C=O) groups excluding carboxylic acids is 1. The lowest BCUT2D eigenvalue weighted by molar-refractivity contribution is -0.0990. The van der Waals surface area contributed by atoms with Crippen molar-refractivity contribution in [1.29, 1.82) is 0 Å². The first-order valence-electron chi connectivity index (χ1n) is 8.18. The van der Waals surface area contributed by atoms with E-state index in [1.54, 1.807) is 4.90 Å². The molecule has 10 heteroatoms. The number of halogens is 1. The zero-order valence-corrected chi connectivity index (χ0v) is 15.5. The van der Waals surface area contributed by atoms with Crippen molar-refractivity contribution in [2.75, 3.05) is 19.6 Å². The van der Waals surface area contributed by atoms with Crippen molar-refractivity contribution < 1.29 is 17.9 Å². The van der Waals surface area contributed by atoms with Crippen molar-refractivity contribution in [2.24, 2.45) is 0 Å². The SMILES string of the molecule is CC(C)N1C[C@@]23CN(C(=O)c4ncc(Cl)cn4)C[C@@H](C[C@@H]2S1(=O)=O)O3. The third-order valence-electron chi connectivity index (χ3n) is 5.13. The van der Waals surface area contributed by atoms with Gasteiger partial charge in [0, 0.05) is 31.5 Å². The quantitative estimate of drug-likeness (QED) is 0.736. The van der Waals surface area contributed by atoms with Crippen molar-refractivity contribution in [1.82, 2.24) is 19.2 Å². The number of likely N-dealkylation sites (tertiary alicyclic amines) is 1. The number of fused-ring (bicyclic) bond motifs is 1. The van der Waals surface area contributed by atoms with Gasteiger partial charge in [0.1, 0.15) is 10.9 Å². The monoisotopic (exact) mass is 386 g/mol. The average molecular weight is 387 g/mol. The molecule has 4 heterocycles. The molecule has 2 bridgehead atoms. The van der Waals surface area contributed by atoms with Crippen LogP contribution in [0.1, 0.15) is 30.9 Å². The second-order valence-corrected chi connectivity index (χ2v) is 9.63. The summed E-state index contributed by atoms with van der Waals surface area (Å²) in [7, 11) is -3.43. The van der Waals surface area contributed by atoms with Crippen molar-refractivity contribution >= 4 is 27.5 Å². The van der Waals surface area contributed by atoms with Crippen molar-refractivity contribution in [3.63, 3.8) is 0 Å². The first-order valence-corrected chi connectivity index (χ1v) is 10.1. The van der Waals surface area contributed by atoms with E-state index in [2.05, 4.69) is 9.97 Å². The van der Waals surface area contributed by atoms with Crippen LogP contribution in [0.4, 0.5) is 0 Å². The Bertz CT molecular complexity index is 815. The minimum atomic E-state index is -3.43. The van der Waals surface area contributed by atoms with Gasteiger partial charge in [-0.1, -0.05) is 11.6 Å². The van der Waals surface area contributed by atoms with Gasteiger partial charge in [0.2, 0.25) is 15.8 Å². The van der Waals surface area contributed by atoms with E-state index in [0.717, 1.165) is 0 Å². The van der Waals surface area contributed by atoms with Crippen LogP contribution in [0.3, 0.4) is 0 Å². The van der Waals surface area contributed by atoms with Crippen molar-refractivity contribution in [3.05, 3.63) is 23.2 Å². The maximum atomic E-state index is 12.8. The summed E-state index contributed by atoms with van der Waals surface area (Å²) in [6.07, 6.45) is 2.88. The highest BCUT2D eigenvalue weighted by atomic mass is 35.5. The number of morpholine rings is 1. The molecule has 3 saturated heterocycles. The predicted molar refractivity (Wildman–Crippen MR) is 89.7 cm³/mol. The lowest BCUT2D eigenvalue weighted by Crippen LogP contribution is -2.56. The number of ether oxygens (including phenoxy) is 1. The highest BCUT2D eigenvalue weighted by molar-refractivity contribution is 7.90. The van der Waals surface area contributed by atoms with E-state index < -0.39 is 20.9 Å². The minimum absolute atomic E-state index is 0.0558. The lowest BCUT2D eigenvalue weighted by atomic mass is 9.99. The number of amides is 1. The third kappa shape index (κ3) is 2.56. The molecular weight excluding hydrogens is 368 g/mol. The van der Waals surface area contributed by atoms with E-state index in [4.69, 9.17) is 16.3 Å². The Kier molecular flexibility index (Phi) is 3.84. The highest BCUT2D eigenvalue weighted by Gasteiger charge is 2.66. The van der Waals surface area contributed by atoms with Crippen molar-refractivity contribution in [3.8, 4) is 0 Å². The van der Waals surface area contributed by atoms with Gasteiger partial charge in [-0.3, -0.25) is 4.79 Å². The van der Waals surface area contributed by atoms with E-state index in [1.165, 1.54) is 16.7 Å². The third-order valence-corrected chi connectivity index (χ3v) is 7.87. The molecule has 0 radical (unpaired) electrons. The molecule has 0 aromatic carbocycles. The Morgan fingerprint density at radius 2 is 2.04 bits per heavy atom. The van der Waals surface area contributed by atoms with Gasteiger partial charge in [0.15, 0.2) is 0 Å². The smallest absolute Gasteiger partial charge is 0.291 e. The predicted octanol–water partition coefficient (Wildman–Crippen LogP) is 0.536. The summed E-state index contributed by atoms with van der Waals surface area (Å²) in [5, 5.41) is -0.247. The molecule has 25 heavy (non-hydrogen) atoms. The van der Waals surface area contributed by atoms with Crippen LogP contribution in [0.25, 0.3) is 0 Å². The fourth-order valence-corrected chi connectivity index (χ4v) is 6.70. The van der Waals surface area contributed by atoms with E-state index >= 15 is 0 Å². The van der Waals surface area contributed by atoms with Crippen LogP contribution in [-0.2, 0) is 14.8 Å². The Morgan fingerprint density at radius 1 is 1.36 bits per heavy atom. The summed E-state index contributed by atoms with van der Waals surface area (Å²) in [5.41, 5.74) is -0.867. The van der Waals surface area contributed by atoms with Crippen LogP contribution in [0.15, 0.2) is 12.4 Å². The summed E-state index contributed by atoms with van der Waals surface area (Å²) in [4.78, 5) is 22.3. The molecule has 136 valence electrons. The zero-order valence-electron chi connectivity index (χ0n) is 13.9. The minimum Gasteiger partial charge on any atom is -0.365 e. The first-order chi connectivity index (χ1) is 11.7. The standard InChI is InChI=1S/C15H19ClN4O4S/c1-9(2)20-8-15-7-19(14(21)13-17-4-10(16)5-18-13)6-11(24-15)3-12(15)25(20,22)23/h4-5,9,11-12H,3,6-8H2,1-2H3/t11-,12+,15+/m1/s1. The molecule has 0 N–H and O–H groups in total. The number of rotatable bonds is 2. The zero-order chi connectivity index (χ0) is 18.0. The summed E-state index contributed by atoms with van der Waals surface area (Å²) in [5.74, 6) is -0.273. The molecular formula is C15H19ClN4O4S. The first kappa shape index (κ1) is 17.1. The normalized spacial score (nSPS) is 33.7. The van der Waals surface area contributed by atoms with Gasteiger partial charge in [-0.2, -0.15) is 4.31 Å². The second kappa shape index (κ2) is 5.60. The van der Waals surface area contributed by atoms with Crippen LogP contribution in [-0.4, -0.2) is 76.1 Å². The van der Waals surface area contributed by atoms with Crippen LogP contribution in [0, 0.1) is 0 Å². The summed E-state index contributed by atoms with van der Waals surface area (Å²) in [6, 6.07) is -0.141. The van der Waals surface area contributed by atoms with Crippen LogP contribution in [0.5, 0.6) is 0 Å². The van der Waals surface area contributed by atoms with Gasteiger partial charge in [-0.15, -0.1) is 0 Å². The van der Waals surface area contributed by atoms with E-state index in [9.17, 15) is 13.2 Å². The fourth-order valence-electron chi connectivity index (χ4n) is 4.09. The van der Waals surface area contributed by atoms with Crippen LogP contribution < -0.4 is 0 Å². The Hall–Kier alpha value is -1.29. The molecule has 3 fully saturated rings. The fraction of sp³-hybridized carbons (Fsp3) is 0.667. The molecule has 8 nitrogen and oxygen atoms in total. The number of aromatic nitrogens is 2. The maximum absolute atomic E-state index is 12.8. The number of hydrogen-bond acceptors (Lipinski definition) is 6. The van der Waals surface area contributed by atoms with Crippen LogP contribution >= 0.6 is 11.6 Å². The van der Waals surface area contributed by atoms with Gasteiger partial charge in [0.05, 0.1) is 17.7 Å². The molecule has 0 aliphatic carbocycles. The van der Waals surface area contributed by atoms with Gasteiger partial charge < -0.3 is 9.64 Å². The number of hydrogen-bond donors (Lipinski definition) is 0. The van der Waals surface area contributed by atoms with Crippen molar-refractivity contribution in [2.45, 2.75) is 43.3 Å². The summed E-state index contributed by atoms with van der Waals surface area (Å²) in [6.45, 7) is 4.54. The molecule has 1 aromatic rings. The van der Waals surface area contributed by atoms with E-state index in [1.807, 2.05) is 13.8 Å². The number of sulfonamides is 1. The molecule has 0 unspecified atom stereocenters. The molecule has 1 amide bonds. The van der Waals surface area contributed by atoms with Gasteiger partial charge in [0.25, 0.3) is 5.91 Å². The average Bonchev–Trinajstić information content (AvgIpc) is 2.93. The molecule has 3 aliphatic heterocycles. The van der Waals surface area contributed by atoms with Gasteiger partial charge in [-0.25, -0.2) is 18.4 Å². The molecule has 3 aliphatic rings.